The third-order valence-electron chi connectivity index (χ3n) is 5.18. The number of aromatic nitrogens is 4. The number of fused-ring (bicyclic) bond motifs is 1. The molecule has 1 aromatic heterocycles. The number of rotatable bonds is 5. The van der Waals surface area contributed by atoms with Crippen molar-refractivity contribution in [2.24, 2.45) is 0 Å². The first-order valence-corrected chi connectivity index (χ1v) is 9.47. The summed E-state index contributed by atoms with van der Waals surface area (Å²) in [4.78, 5) is 2.33. The van der Waals surface area contributed by atoms with Gasteiger partial charge in [-0.15, -0.1) is 5.10 Å². The first kappa shape index (κ1) is 17.9. The molecule has 2 aliphatic rings. The molecular weight excluding hydrogens is 374 g/mol. The van der Waals surface area contributed by atoms with Crippen LogP contribution in [0.2, 0.25) is 0 Å². The van der Waals surface area contributed by atoms with Crippen LogP contribution in [0, 0.1) is 0 Å². The van der Waals surface area contributed by atoms with Crippen LogP contribution in [-0.4, -0.2) is 65.3 Å². The van der Waals surface area contributed by atoms with Crippen LogP contribution in [0.3, 0.4) is 0 Å². The number of nitrogens with zero attached hydrogens (tertiary/aromatic N) is 5. The van der Waals surface area contributed by atoms with E-state index < -0.39 is 0 Å². The Kier molecular flexibility index (Phi) is 4.74. The van der Waals surface area contributed by atoms with Gasteiger partial charge in [-0.2, -0.15) is 4.68 Å². The molecule has 0 radical (unpaired) electrons. The van der Waals surface area contributed by atoms with E-state index in [9.17, 15) is 0 Å². The molecule has 1 fully saturated rings. The van der Waals surface area contributed by atoms with Crippen LogP contribution >= 0.6 is 0 Å². The van der Waals surface area contributed by atoms with Crippen molar-refractivity contribution >= 4 is 0 Å². The molecule has 9 heteroatoms. The molecule has 0 bridgehead atoms. The molecule has 3 heterocycles. The molecule has 2 aliphatic heterocycles. The summed E-state index contributed by atoms with van der Waals surface area (Å²) < 4.78 is 23.7. The fourth-order valence-corrected chi connectivity index (χ4v) is 3.71. The van der Waals surface area contributed by atoms with Crippen LogP contribution in [0.4, 0.5) is 0 Å². The molecule has 5 rings (SSSR count). The topological polar surface area (TPSA) is 83.8 Å². The van der Waals surface area contributed by atoms with Crippen LogP contribution in [-0.2, 0) is 4.74 Å². The van der Waals surface area contributed by atoms with Crippen molar-refractivity contribution in [3.8, 4) is 22.9 Å². The Labute approximate surface area is 167 Å². The van der Waals surface area contributed by atoms with Gasteiger partial charge in [-0.25, -0.2) is 0 Å². The van der Waals surface area contributed by atoms with E-state index in [0.717, 1.165) is 47.4 Å². The number of methoxy groups -OCH3 is 1. The minimum atomic E-state index is -0.148. The molecular formula is C20H21N5O4. The lowest BCUT2D eigenvalue weighted by Crippen LogP contribution is -2.40. The third-order valence-corrected chi connectivity index (χ3v) is 5.18. The van der Waals surface area contributed by atoms with E-state index >= 15 is 0 Å². The van der Waals surface area contributed by atoms with Crippen molar-refractivity contribution in [3.05, 3.63) is 53.9 Å². The predicted molar refractivity (Wildman–Crippen MR) is 103 cm³/mol. The monoisotopic (exact) mass is 395 g/mol. The Hall–Kier alpha value is -3.17. The Morgan fingerprint density at radius 2 is 1.79 bits per heavy atom. The summed E-state index contributed by atoms with van der Waals surface area (Å²) >= 11 is 0. The summed E-state index contributed by atoms with van der Waals surface area (Å²) in [7, 11) is 1.64. The van der Waals surface area contributed by atoms with Crippen molar-refractivity contribution in [3.63, 3.8) is 0 Å². The van der Waals surface area contributed by atoms with Gasteiger partial charge in [0.15, 0.2) is 17.3 Å². The Morgan fingerprint density at radius 3 is 2.59 bits per heavy atom. The van der Waals surface area contributed by atoms with Crippen LogP contribution in [0.15, 0.2) is 42.5 Å². The predicted octanol–water partition coefficient (Wildman–Crippen LogP) is 1.82. The van der Waals surface area contributed by atoms with E-state index in [1.807, 2.05) is 42.5 Å². The summed E-state index contributed by atoms with van der Waals surface area (Å²) in [6, 6.07) is 13.5. The van der Waals surface area contributed by atoms with E-state index in [2.05, 4.69) is 20.4 Å². The smallest absolute Gasteiger partial charge is 0.231 e. The zero-order chi connectivity index (χ0) is 19.6. The fourth-order valence-electron chi connectivity index (χ4n) is 3.71. The highest BCUT2D eigenvalue weighted by Gasteiger charge is 2.31. The van der Waals surface area contributed by atoms with Crippen LogP contribution in [0.25, 0.3) is 5.69 Å². The van der Waals surface area contributed by atoms with Gasteiger partial charge < -0.3 is 18.9 Å². The van der Waals surface area contributed by atoms with Gasteiger partial charge in [0, 0.05) is 13.1 Å². The second kappa shape index (κ2) is 7.69. The Bertz CT molecular complexity index is 985. The Balaban J connectivity index is 1.57. The van der Waals surface area contributed by atoms with Crippen LogP contribution < -0.4 is 14.2 Å². The Morgan fingerprint density at radius 1 is 1.00 bits per heavy atom. The zero-order valence-electron chi connectivity index (χ0n) is 16.0. The number of benzene rings is 2. The first-order chi connectivity index (χ1) is 14.3. The largest absolute Gasteiger partial charge is 0.497 e. The number of hydrogen-bond acceptors (Lipinski definition) is 8. The van der Waals surface area contributed by atoms with E-state index in [4.69, 9.17) is 18.9 Å². The van der Waals surface area contributed by atoms with Crippen LogP contribution in [0.1, 0.15) is 17.4 Å². The van der Waals surface area contributed by atoms with Gasteiger partial charge in [-0.3, -0.25) is 4.90 Å². The van der Waals surface area contributed by atoms with Gasteiger partial charge in [0.25, 0.3) is 0 Å². The zero-order valence-corrected chi connectivity index (χ0v) is 16.0. The normalized spacial score (nSPS) is 17.3. The van der Waals surface area contributed by atoms with Gasteiger partial charge >= 0.3 is 0 Å². The minimum Gasteiger partial charge on any atom is -0.497 e. The highest BCUT2D eigenvalue weighted by atomic mass is 16.7. The fraction of sp³-hybridized carbons (Fsp3) is 0.350. The van der Waals surface area contributed by atoms with E-state index in [1.165, 1.54) is 0 Å². The molecule has 0 N–H and O–H groups in total. The number of tetrazole rings is 1. The van der Waals surface area contributed by atoms with E-state index in [0.29, 0.717) is 13.2 Å². The maximum atomic E-state index is 5.60. The molecule has 9 nitrogen and oxygen atoms in total. The molecule has 1 saturated heterocycles. The third kappa shape index (κ3) is 3.39. The van der Waals surface area contributed by atoms with Gasteiger partial charge in [0.1, 0.15) is 5.75 Å². The van der Waals surface area contributed by atoms with Crippen molar-refractivity contribution in [2.75, 3.05) is 40.2 Å². The van der Waals surface area contributed by atoms with E-state index in [-0.39, 0.29) is 12.8 Å². The number of morpholine rings is 1. The quantitative estimate of drug-likeness (QED) is 0.647. The maximum Gasteiger partial charge on any atom is 0.231 e. The number of ether oxygens (including phenoxy) is 4. The van der Waals surface area contributed by atoms with Crippen molar-refractivity contribution < 1.29 is 18.9 Å². The second-order valence-electron chi connectivity index (χ2n) is 6.81. The average molecular weight is 395 g/mol. The number of hydrogen-bond donors (Lipinski definition) is 0. The van der Waals surface area contributed by atoms with Gasteiger partial charge in [-0.1, -0.05) is 6.07 Å². The minimum absolute atomic E-state index is 0.148. The summed E-state index contributed by atoms with van der Waals surface area (Å²) in [6.45, 7) is 3.16. The van der Waals surface area contributed by atoms with E-state index in [1.54, 1.807) is 11.8 Å². The highest BCUT2D eigenvalue weighted by Crippen LogP contribution is 2.37. The summed E-state index contributed by atoms with van der Waals surface area (Å²) in [5, 5.41) is 12.6. The van der Waals surface area contributed by atoms with Crippen LogP contribution in [0.5, 0.6) is 17.2 Å². The maximum absolute atomic E-state index is 5.60. The summed E-state index contributed by atoms with van der Waals surface area (Å²) in [5.41, 5.74) is 1.91. The van der Waals surface area contributed by atoms with Gasteiger partial charge in [0.2, 0.25) is 6.79 Å². The lowest BCUT2D eigenvalue weighted by atomic mass is 10.0. The van der Waals surface area contributed by atoms with Gasteiger partial charge in [0.05, 0.1) is 32.1 Å². The summed E-state index contributed by atoms with van der Waals surface area (Å²) in [5.74, 6) is 3.01. The van der Waals surface area contributed by atoms with Crippen molar-refractivity contribution in [1.82, 2.24) is 25.1 Å². The molecule has 0 amide bonds. The standard InChI is InChI=1S/C20H21N5O4/c1-26-16-5-3-15(4-6-16)25-20(21-22-23-25)19(24-8-10-27-11-9-24)14-2-7-17-18(12-14)29-13-28-17/h2-7,12,19H,8-11,13H2,1H3/t19-/m1/s1. The lowest BCUT2D eigenvalue weighted by Gasteiger charge is -2.34. The molecule has 29 heavy (non-hydrogen) atoms. The highest BCUT2D eigenvalue weighted by molar-refractivity contribution is 5.47. The molecule has 0 unspecified atom stereocenters. The van der Waals surface area contributed by atoms with Crippen molar-refractivity contribution in [2.45, 2.75) is 6.04 Å². The molecule has 0 spiro atoms. The first-order valence-electron chi connectivity index (χ1n) is 9.47. The molecule has 3 aromatic rings. The molecule has 150 valence electrons. The molecule has 2 aromatic carbocycles. The lowest BCUT2D eigenvalue weighted by molar-refractivity contribution is 0.0220. The molecule has 1 atom stereocenters. The second-order valence-corrected chi connectivity index (χ2v) is 6.81. The SMILES string of the molecule is COc1ccc(-n2nnnc2[C@@H](c2ccc3c(c2)OCO3)N2CCOCC2)cc1. The summed E-state index contributed by atoms with van der Waals surface area (Å²) in [6.07, 6.45) is 0. The van der Waals surface area contributed by atoms with Crippen molar-refractivity contribution in [1.29, 1.82) is 0 Å². The average Bonchev–Trinajstić information content (AvgIpc) is 3.44. The molecule has 0 aliphatic carbocycles. The molecule has 0 saturated carbocycles. The van der Waals surface area contributed by atoms with Gasteiger partial charge in [-0.05, 0) is 52.4 Å².